The van der Waals surface area contributed by atoms with Crippen LogP contribution in [-0.2, 0) is 10.0 Å². The van der Waals surface area contributed by atoms with Crippen LogP contribution < -0.4 is 14.8 Å². The van der Waals surface area contributed by atoms with Crippen molar-refractivity contribution in [3.63, 3.8) is 0 Å². The average Bonchev–Trinajstić information content (AvgIpc) is 2.60. The van der Waals surface area contributed by atoms with Gasteiger partial charge in [-0.1, -0.05) is 29.8 Å². The minimum Gasteiger partial charge on any atom is -0.496 e. The molecule has 6 nitrogen and oxygen atoms in total. The predicted molar refractivity (Wildman–Crippen MR) is 96.3 cm³/mol. The van der Waals surface area contributed by atoms with Crippen molar-refractivity contribution in [2.75, 3.05) is 14.2 Å². The monoisotopic (exact) mass is 362 g/mol. The molecule has 2 aromatic rings. The van der Waals surface area contributed by atoms with E-state index in [-0.39, 0.29) is 10.5 Å². The van der Waals surface area contributed by atoms with E-state index in [1.165, 1.54) is 32.4 Å². The van der Waals surface area contributed by atoms with Gasteiger partial charge in [0.05, 0.1) is 17.6 Å². The van der Waals surface area contributed by atoms with Crippen molar-refractivity contribution in [2.45, 2.75) is 24.8 Å². The van der Waals surface area contributed by atoms with E-state index in [0.717, 1.165) is 11.1 Å². The molecule has 0 aliphatic rings. The van der Waals surface area contributed by atoms with Crippen LogP contribution >= 0.6 is 0 Å². The summed E-state index contributed by atoms with van der Waals surface area (Å²) in [5.41, 5.74) is 2.12. The first-order valence-electron chi connectivity index (χ1n) is 7.77. The fourth-order valence-electron chi connectivity index (χ4n) is 2.39. The lowest BCUT2D eigenvalue weighted by atomic mass is 10.1. The highest BCUT2D eigenvalue weighted by molar-refractivity contribution is 7.89. The Labute approximate surface area is 148 Å². The van der Waals surface area contributed by atoms with E-state index < -0.39 is 22.0 Å². The minimum absolute atomic E-state index is 0.00543. The first-order chi connectivity index (χ1) is 11.8. The summed E-state index contributed by atoms with van der Waals surface area (Å²) < 4.78 is 33.1. The Morgan fingerprint density at radius 1 is 1.12 bits per heavy atom. The van der Waals surface area contributed by atoms with Crippen molar-refractivity contribution in [3.05, 3.63) is 59.2 Å². The molecule has 0 saturated heterocycles. The van der Waals surface area contributed by atoms with Crippen molar-refractivity contribution in [1.82, 2.24) is 10.0 Å². The van der Waals surface area contributed by atoms with Crippen LogP contribution in [0.3, 0.4) is 0 Å². The van der Waals surface area contributed by atoms with Crippen molar-refractivity contribution in [2.24, 2.45) is 0 Å². The molecule has 0 bridgehead atoms. The molecule has 0 heterocycles. The highest BCUT2D eigenvalue weighted by Gasteiger charge is 2.21. The van der Waals surface area contributed by atoms with Crippen LogP contribution in [0.5, 0.6) is 5.75 Å². The molecule has 0 saturated carbocycles. The maximum Gasteiger partial charge on any atom is 0.254 e. The molecule has 2 N–H and O–H groups in total. The van der Waals surface area contributed by atoms with E-state index in [4.69, 9.17) is 4.74 Å². The van der Waals surface area contributed by atoms with Gasteiger partial charge in [-0.05, 0) is 37.6 Å². The Morgan fingerprint density at radius 3 is 2.32 bits per heavy atom. The van der Waals surface area contributed by atoms with Crippen LogP contribution in [0, 0.1) is 6.92 Å². The lowest BCUT2D eigenvalue weighted by Gasteiger charge is -2.16. The standard InChI is InChI=1S/C18H22N2O4S/c1-12-5-7-14(8-6-12)13(2)20-25(22,23)15-9-10-17(24-4)16(11-15)18(21)19-3/h5-11,13,20H,1-4H3,(H,19,21). The molecule has 7 heteroatoms. The third-order valence-corrected chi connectivity index (χ3v) is 5.40. The number of hydrogen-bond acceptors (Lipinski definition) is 4. The second kappa shape index (κ2) is 7.67. The molecule has 2 aromatic carbocycles. The van der Waals surface area contributed by atoms with Crippen LogP contribution in [-0.4, -0.2) is 28.5 Å². The molecular weight excluding hydrogens is 340 g/mol. The Hall–Kier alpha value is -2.38. The van der Waals surface area contributed by atoms with Crippen LogP contribution in [0.1, 0.15) is 34.5 Å². The summed E-state index contributed by atoms with van der Waals surface area (Å²) in [5, 5.41) is 2.47. The van der Waals surface area contributed by atoms with E-state index in [2.05, 4.69) is 10.0 Å². The highest BCUT2D eigenvalue weighted by atomic mass is 32.2. The lowest BCUT2D eigenvalue weighted by molar-refractivity contribution is 0.0960. The largest absolute Gasteiger partial charge is 0.496 e. The number of carbonyl (C=O) groups is 1. The quantitative estimate of drug-likeness (QED) is 0.826. The fraction of sp³-hybridized carbons (Fsp3) is 0.278. The second-order valence-electron chi connectivity index (χ2n) is 5.69. The molecule has 0 aliphatic heterocycles. The van der Waals surface area contributed by atoms with Crippen molar-refractivity contribution in [3.8, 4) is 5.75 Å². The van der Waals surface area contributed by atoms with Gasteiger partial charge in [0.2, 0.25) is 10.0 Å². The number of benzene rings is 2. The van der Waals surface area contributed by atoms with Gasteiger partial charge in [0.1, 0.15) is 5.75 Å². The van der Waals surface area contributed by atoms with Gasteiger partial charge in [0.25, 0.3) is 5.91 Å². The lowest BCUT2D eigenvalue weighted by Crippen LogP contribution is -2.27. The molecule has 2 rings (SSSR count). The van der Waals surface area contributed by atoms with Crippen LogP contribution in [0.4, 0.5) is 0 Å². The number of amides is 1. The molecule has 0 fully saturated rings. The molecule has 0 spiro atoms. The number of ether oxygens (including phenoxy) is 1. The molecule has 0 aliphatic carbocycles. The second-order valence-corrected chi connectivity index (χ2v) is 7.41. The molecule has 1 unspecified atom stereocenters. The van der Waals surface area contributed by atoms with Gasteiger partial charge in [0, 0.05) is 13.1 Å². The summed E-state index contributed by atoms with van der Waals surface area (Å²) in [4.78, 5) is 11.9. The number of hydrogen-bond donors (Lipinski definition) is 2. The molecule has 25 heavy (non-hydrogen) atoms. The van der Waals surface area contributed by atoms with E-state index in [1.54, 1.807) is 6.92 Å². The van der Waals surface area contributed by atoms with Gasteiger partial charge in [-0.25, -0.2) is 13.1 Å². The third-order valence-electron chi connectivity index (χ3n) is 3.86. The smallest absolute Gasteiger partial charge is 0.254 e. The van der Waals surface area contributed by atoms with Gasteiger partial charge < -0.3 is 10.1 Å². The number of rotatable bonds is 6. The number of methoxy groups -OCH3 is 1. The number of sulfonamides is 1. The maximum absolute atomic E-state index is 12.7. The van der Waals surface area contributed by atoms with Crippen molar-refractivity contribution < 1.29 is 17.9 Å². The Morgan fingerprint density at radius 2 is 1.76 bits per heavy atom. The van der Waals surface area contributed by atoms with Gasteiger partial charge in [-0.2, -0.15) is 0 Å². The Balaban J connectivity index is 2.32. The zero-order valence-electron chi connectivity index (χ0n) is 14.7. The Kier molecular flexibility index (Phi) is 5.81. The van der Waals surface area contributed by atoms with Crippen LogP contribution in [0.2, 0.25) is 0 Å². The van der Waals surface area contributed by atoms with Gasteiger partial charge in [-0.15, -0.1) is 0 Å². The first kappa shape index (κ1) is 19.0. The van der Waals surface area contributed by atoms with E-state index >= 15 is 0 Å². The number of aryl methyl sites for hydroxylation is 1. The predicted octanol–water partition coefficient (Wildman–Crippen LogP) is 2.40. The third kappa shape index (κ3) is 4.37. The van der Waals surface area contributed by atoms with Crippen molar-refractivity contribution in [1.29, 1.82) is 0 Å². The maximum atomic E-state index is 12.7. The van der Waals surface area contributed by atoms with E-state index in [1.807, 2.05) is 31.2 Å². The first-order valence-corrected chi connectivity index (χ1v) is 9.26. The average molecular weight is 362 g/mol. The van der Waals surface area contributed by atoms with Gasteiger partial charge in [0.15, 0.2) is 0 Å². The minimum atomic E-state index is -3.79. The summed E-state index contributed by atoms with van der Waals surface area (Å²) >= 11 is 0. The molecule has 0 radical (unpaired) electrons. The molecular formula is C18H22N2O4S. The van der Waals surface area contributed by atoms with Gasteiger partial charge in [-0.3, -0.25) is 4.79 Å². The summed E-state index contributed by atoms with van der Waals surface area (Å²) in [7, 11) is -0.895. The zero-order chi connectivity index (χ0) is 18.6. The Bertz CT molecular complexity index is 861. The van der Waals surface area contributed by atoms with E-state index in [9.17, 15) is 13.2 Å². The topological polar surface area (TPSA) is 84.5 Å². The number of nitrogens with one attached hydrogen (secondary N) is 2. The summed E-state index contributed by atoms with van der Waals surface area (Å²) in [5.74, 6) is -0.106. The summed E-state index contributed by atoms with van der Waals surface area (Å²) in [6.45, 7) is 3.74. The molecule has 0 aromatic heterocycles. The van der Waals surface area contributed by atoms with Crippen LogP contribution in [0.15, 0.2) is 47.4 Å². The van der Waals surface area contributed by atoms with Crippen molar-refractivity contribution >= 4 is 15.9 Å². The van der Waals surface area contributed by atoms with Crippen LogP contribution in [0.25, 0.3) is 0 Å². The molecule has 1 amide bonds. The van der Waals surface area contributed by atoms with E-state index in [0.29, 0.717) is 5.75 Å². The zero-order valence-corrected chi connectivity index (χ0v) is 15.5. The highest BCUT2D eigenvalue weighted by Crippen LogP contribution is 2.24. The number of carbonyl (C=O) groups excluding carboxylic acids is 1. The molecule has 1 atom stereocenters. The SMILES string of the molecule is CNC(=O)c1cc(S(=O)(=O)NC(C)c2ccc(C)cc2)ccc1OC. The fourth-order valence-corrected chi connectivity index (χ4v) is 3.65. The normalized spacial score (nSPS) is 12.5. The summed E-state index contributed by atoms with van der Waals surface area (Å²) in [6, 6.07) is 11.4. The summed E-state index contributed by atoms with van der Waals surface area (Å²) in [6.07, 6.45) is 0. The van der Waals surface area contributed by atoms with Gasteiger partial charge >= 0.3 is 0 Å². The molecule has 134 valence electrons.